The van der Waals surface area contributed by atoms with E-state index in [1.165, 1.54) is 5.56 Å². The van der Waals surface area contributed by atoms with E-state index in [0.29, 0.717) is 12.7 Å². The zero-order valence-electron chi connectivity index (χ0n) is 18.6. The van der Waals surface area contributed by atoms with Crippen molar-refractivity contribution in [1.29, 1.82) is 0 Å². The molecule has 1 aromatic carbocycles. The maximum Gasteiger partial charge on any atom is 0.231 e. The molecule has 1 fully saturated rings. The average Bonchev–Trinajstić information content (AvgIpc) is 3.44. The summed E-state index contributed by atoms with van der Waals surface area (Å²) in [6.45, 7) is 10.1. The highest BCUT2D eigenvalue weighted by Crippen LogP contribution is 2.32. The topological polar surface area (TPSA) is 88.2 Å². The van der Waals surface area contributed by atoms with Gasteiger partial charge in [0, 0.05) is 58.7 Å². The molecule has 0 spiro atoms. The minimum absolute atomic E-state index is 0.290. The molecule has 3 heterocycles. The first-order valence-electron chi connectivity index (χ1n) is 11.0. The molecule has 2 aromatic rings. The number of aryl methyl sites for hydroxylation is 1. The van der Waals surface area contributed by atoms with Crippen molar-refractivity contribution in [2.45, 2.75) is 39.2 Å². The fraction of sp³-hybridized carbons (Fsp3) is 0.591. The zero-order valence-corrected chi connectivity index (χ0v) is 18.6. The Morgan fingerprint density at radius 3 is 2.71 bits per heavy atom. The molecule has 9 heteroatoms. The van der Waals surface area contributed by atoms with Gasteiger partial charge in [0.15, 0.2) is 23.3 Å². The van der Waals surface area contributed by atoms with Gasteiger partial charge < -0.3 is 24.2 Å². The third-order valence-electron chi connectivity index (χ3n) is 5.58. The standard InChI is InChI=1S/C22H32N6O3/c1-16(2)21-25-20(31-26-21)5-4-8-24-22(23-3)28-11-9-27(10-12-28)14-17-6-7-18-19(13-17)30-15-29-18/h6-7,13,16H,4-5,8-12,14-15H2,1-3H3,(H,23,24). The highest BCUT2D eigenvalue weighted by atomic mass is 16.7. The molecule has 1 aromatic heterocycles. The summed E-state index contributed by atoms with van der Waals surface area (Å²) in [4.78, 5) is 13.7. The van der Waals surface area contributed by atoms with Crippen molar-refractivity contribution < 1.29 is 14.0 Å². The molecule has 0 aliphatic carbocycles. The van der Waals surface area contributed by atoms with Crippen molar-refractivity contribution in [3.63, 3.8) is 0 Å². The minimum atomic E-state index is 0.290. The van der Waals surface area contributed by atoms with E-state index in [-0.39, 0.29) is 5.92 Å². The Labute approximate surface area is 183 Å². The lowest BCUT2D eigenvalue weighted by Gasteiger charge is -2.36. The normalized spacial score (nSPS) is 16.9. The summed E-state index contributed by atoms with van der Waals surface area (Å²) in [5.41, 5.74) is 1.25. The Hall–Kier alpha value is -2.81. The number of aliphatic imine (C=N–C) groups is 1. The fourth-order valence-corrected chi connectivity index (χ4v) is 3.79. The Bertz CT molecular complexity index is 889. The highest BCUT2D eigenvalue weighted by Gasteiger charge is 2.21. The Morgan fingerprint density at radius 1 is 1.16 bits per heavy atom. The highest BCUT2D eigenvalue weighted by molar-refractivity contribution is 5.79. The summed E-state index contributed by atoms with van der Waals surface area (Å²) in [6, 6.07) is 6.20. The molecule has 0 radical (unpaired) electrons. The Balaban J connectivity index is 1.18. The number of hydrogen-bond donors (Lipinski definition) is 1. The van der Waals surface area contributed by atoms with E-state index >= 15 is 0 Å². The van der Waals surface area contributed by atoms with Crippen LogP contribution in [-0.4, -0.2) is 72.5 Å². The van der Waals surface area contributed by atoms with E-state index in [1.54, 1.807) is 0 Å². The van der Waals surface area contributed by atoms with Crippen LogP contribution >= 0.6 is 0 Å². The fourth-order valence-electron chi connectivity index (χ4n) is 3.79. The molecule has 1 N–H and O–H groups in total. The van der Waals surface area contributed by atoms with E-state index in [9.17, 15) is 0 Å². The maximum absolute atomic E-state index is 5.49. The second-order valence-electron chi connectivity index (χ2n) is 8.23. The lowest BCUT2D eigenvalue weighted by Crippen LogP contribution is -2.52. The maximum atomic E-state index is 5.49. The molecule has 0 unspecified atom stereocenters. The third-order valence-corrected chi connectivity index (χ3v) is 5.58. The first-order valence-corrected chi connectivity index (χ1v) is 11.0. The number of hydrogen-bond acceptors (Lipinski definition) is 7. The van der Waals surface area contributed by atoms with Crippen LogP contribution in [0.4, 0.5) is 0 Å². The van der Waals surface area contributed by atoms with E-state index in [4.69, 9.17) is 14.0 Å². The van der Waals surface area contributed by atoms with Crippen molar-refractivity contribution in [2.24, 2.45) is 4.99 Å². The molecule has 1 saturated heterocycles. The molecule has 2 aliphatic rings. The van der Waals surface area contributed by atoms with Crippen molar-refractivity contribution in [3.8, 4) is 11.5 Å². The number of rotatable bonds is 7. The first-order chi connectivity index (χ1) is 15.1. The van der Waals surface area contributed by atoms with Gasteiger partial charge in [-0.3, -0.25) is 9.89 Å². The molecule has 0 atom stereocenters. The predicted octanol–water partition coefficient (Wildman–Crippen LogP) is 2.25. The summed E-state index contributed by atoms with van der Waals surface area (Å²) in [7, 11) is 1.84. The molecule has 0 saturated carbocycles. The number of nitrogens with zero attached hydrogens (tertiary/aromatic N) is 5. The average molecular weight is 429 g/mol. The molecule has 0 amide bonds. The van der Waals surface area contributed by atoms with Crippen LogP contribution in [0.3, 0.4) is 0 Å². The summed E-state index contributed by atoms with van der Waals surface area (Å²) < 4.78 is 16.2. The van der Waals surface area contributed by atoms with Gasteiger partial charge in [-0.1, -0.05) is 25.1 Å². The smallest absolute Gasteiger partial charge is 0.231 e. The Kier molecular flexibility index (Phi) is 6.91. The summed E-state index contributed by atoms with van der Waals surface area (Å²) in [6.07, 6.45) is 1.69. The van der Waals surface area contributed by atoms with Gasteiger partial charge in [0.1, 0.15) is 0 Å². The molecule has 0 bridgehead atoms. The number of nitrogens with one attached hydrogen (secondary N) is 1. The van der Waals surface area contributed by atoms with Gasteiger partial charge in [-0.25, -0.2) is 0 Å². The SMILES string of the molecule is CN=C(NCCCc1nc(C(C)C)no1)N1CCN(Cc2ccc3c(c2)OCO3)CC1. The summed E-state index contributed by atoms with van der Waals surface area (Å²) >= 11 is 0. The van der Waals surface area contributed by atoms with Gasteiger partial charge in [0.2, 0.25) is 12.7 Å². The lowest BCUT2D eigenvalue weighted by molar-refractivity contribution is 0.171. The second kappa shape index (κ2) is 10.00. The van der Waals surface area contributed by atoms with Crippen molar-refractivity contribution in [2.75, 3.05) is 46.6 Å². The van der Waals surface area contributed by atoms with Crippen molar-refractivity contribution in [3.05, 3.63) is 35.5 Å². The van der Waals surface area contributed by atoms with Gasteiger partial charge in [-0.15, -0.1) is 0 Å². The Morgan fingerprint density at radius 2 is 1.97 bits per heavy atom. The number of ether oxygens (including phenoxy) is 2. The molecular formula is C22H32N6O3. The number of guanidine groups is 1. The van der Waals surface area contributed by atoms with Gasteiger partial charge >= 0.3 is 0 Å². The van der Waals surface area contributed by atoms with Gasteiger partial charge in [0.05, 0.1) is 0 Å². The van der Waals surface area contributed by atoms with E-state index < -0.39 is 0 Å². The quantitative estimate of drug-likeness (QED) is 0.408. The van der Waals surface area contributed by atoms with Crippen LogP contribution in [0.5, 0.6) is 11.5 Å². The largest absolute Gasteiger partial charge is 0.454 e. The molecule has 2 aliphatic heterocycles. The van der Waals surface area contributed by atoms with Crippen LogP contribution in [-0.2, 0) is 13.0 Å². The van der Waals surface area contributed by atoms with E-state index in [1.807, 2.05) is 13.1 Å². The van der Waals surface area contributed by atoms with Crippen LogP contribution in [0.15, 0.2) is 27.7 Å². The van der Waals surface area contributed by atoms with Crippen molar-refractivity contribution in [1.82, 2.24) is 25.3 Å². The molecular weight excluding hydrogens is 396 g/mol. The van der Waals surface area contributed by atoms with E-state index in [2.05, 4.69) is 56.2 Å². The van der Waals surface area contributed by atoms with E-state index in [0.717, 1.165) is 75.4 Å². The molecule has 4 rings (SSSR count). The molecule has 168 valence electrons. The third kappa shape index (κ3) is 5.46. The molecule has 9 nitrogen and oxygen atoms in total. The van der Waals surface area contributed by atoms with Crippen LogP contribution in [0.25, 0.3) is 0 Å². The van der Waals surface area contributed by atoms with Gasteiger partial charge in [-0.05, 0) is 24.1 Å². The van der Waals surface area contributed by atoms with Gasteiger partial charge in [-0.2, -0.15) is 4.98 Å². The molecule has 31 heavy (non-hydrogen) atoms. The summed E-state index contributed by atoms with van der Waals surface area (Å²) in [5, 5.41) is 7.49. The minimum Gasteiger partial charge on any atom is -0.454 e. The zero-order chi connectivity index (χ0) is 21.6. The number of benzene rings is 1. The number of fused-ring (bicyclic) bond motifs is 1. The van der Waals surface area contributed by atoms with Gasteiger partial charge in [0.25, 0.3) is 0 Å². The van der Waals surface area contributed by atoms with Crippen LogP contribution in [0.1, 0.15) is 43.5 Å². The first kappa shape index (κ1) is 21.4. The summed E-state index contributed by atoms with van der Waals surface area (Å²) in [5.74, 6) is 4.41. The lowest BCUT2D eigenvalue weighted by atomic mass is 10.1. The van der Waals surface area contributed by atoms with Crippen molar-refractivity contribution >= 4 is 5.96 Å². The van der Waals surface area contributed by atoms with Crippen LogP contribution in [0, 0.1) is 0 Å². The second-order valence-corrected chi connectivity index (χ2v) is 8.23. The predicted molar refractivity (Wildman–Crippen MR) is 117 cm³/mol. The van der Waals surface area contributed by atoms with Crippen LogP contribution in [0.2, 0.25) is 0 Å². The number of aromatic nitrogens is 2. The number of piperazine rings is 1. The monoisotopic (exact) mass is 428 g/mol. The van der Waals surface area contributed by atoms with Crippen LogP contribution < -0.4 is 14.8 Å².